The standard InChI is InChI=1S/C16H24ClNO/c1-12-5-3-6-13(9-12)10-18-11-14-15(17)7-4-8-16(14)19-2/h4,7-8,12-13,18H,3,5-6,9-11H2,1-2H3. The Hall–Kier alpha value is -0.730. The average molecular weight is 282 g/mol. The van der Waals surface area contributed by atoms with Gasteiger partial charge in [0, 0.05) is 17.1 Å². The third-order valence-corrected chi connectivity index (χ3v) is 4.43. The Morgan fingerprint density at radius 2 is 2.21 bits per heavy atom. The molecule has 0 amide bonds. The van der Waals surface area contributed by atoms with Crippen molar-refractivity contribution >= 4 is 11.6 Å². The van der Waals surface area contributed by atoms with Crippen LogP contribution in [-0.4, -0.2) is 13.7 Å². The van der Waals surface area contributed by atoms with Gasteiger partial charge in [-0.25, -0.2) is 0 Å². The summed E-state index contributed by atoms with van der Waals surface area (Å²) in [4.78, 5) is 0. The van der Waals surface area contributed by atoms with Gasteiger partial charge in [-0.1, -0.05) is 37.4 Å². The van der Waals surface area contributed by atoms with Crippen LogP contribution in [0.3, 0.4) is 0 Å². The summed E-state index contributed by atoms with van der Waals surface area (Å²) in [5.74, 6) is 2.57. The number of benzene rings is 1. The van der Waals surface area contributed by atoms with Crippen molar-refractivity contribution in [1.29, 1.82) is 0 Å². The lowest BCUT2D eigenvalue weighted by Crippen LogP contribution is -2.26. The second-order valence-corrected chi connectivity index (χ2v) is 6.10. The summed E-state index contributed by atoms with van der Waals surface area (Å²) in [6.45, 7) is 4.23. The van der Waals surface area contributed by atoms with Crippen LogP contribution in [0.2, 0.25) is 5.02 Å². The molecule has 3 heteroatoms. The summed E-state index contributed by atoms with van der Waals surface area (Å²) in [6.07, 6.45) is 5.49. The van der Waals surface area contributed by atoms with Crippen LogP contribution >= 0.6 is 11.6 Å². The fraction of sp³-hybridized carbons (Fsp3) is 0.625. The van der Waals surface area contributed by atoms with Gasteiger partial charge in [0.25, 0.3) is 0 Å². The molecule has 0 heterocycles. The van der Waals surface area contributed by atoms with Gasteiger partial charge in [-0.2, -0.15) is 0 Å². The van der Waals surface area contributed by atoms with Gasteiger partial charge < -0.3 is 10.1 Å². The Labute approximate surface area is 121 Å². The molecule has 2 rings (SSSR count). The van der Waals surface area contributed by atoms with Crippen molar-refractivity contribution in [2.24, 2.45) is 11.8 Å². The maximum absolute atomic E-state index is 6.23. The molecule has 0 aromatic heterocycles. The highest BCUT2D eigenvalue weighted by Gasteiger charge is 2.18. The third kappa shape index (κ3) is 4.12. The zero-order valence-electron chi connectivity index (χ0n) is 11.9. The molecule has 0 radical (unpaired) electrons. The first-order valence-corrected chi connectivity index (χ1v) is 7.60. The lowest BCUT2D eigenvalue weighted by atomic mass is 9.82. The molecular weight excluding hydrogens is 258 g/mol. The first kappa shape index (κ1) is 14.7. The average Bonchev–Trinajstić information content (AvgIpc) is 2.40. The predicted octanol–water partition coefficient (Wildman–Crippen LogP) is 4.26. The molecule has 0 bridgehead atoms. The van der Waals surface area contributed by atoms with E-state index in [0.717, 1.165) is 41.3 Å². The zero-order chi connectivity index (χ0) is 13.7. The van der Waals surface area contributed by atoms with Crippen LogP contribution in [0.4, 0.5) is 0 Å². The van der Waals surface area contributed by atoms with Crippen molar-refractivity contribution in [3.05, 3.63) is 28.8 Å². The van der Waals surface area contributed by atoms with Crippen LogP contribution < -0.4 is 10.1 Å². The maximum Gasteiger partial charge on any atom is 0.124 e. The highest BCUT2D eigenvalue weighted by atomic mass is 35.5. The highest BCUT2D eigenvalue weighted by Crippen LogP contribution is 2.29. The van der Waals surface area contributed by atoms with E-state index in [1.165, 1.54) is 25.7 Å². The SMILES string of the molecule is COc1cccc(Cl)c1CNCC1CCCC(C)C1. The van der Waals surface area contributed by atoms with Crippen molar-refractivity contribution in [3.8, 4) is 5.75 Å². The smallest absolute Gasteiger partial charge is 0.124 e. The monoisotopic (exact) mass is 281 g/mol. The van der Waals surface area contributed by atoms with Gasteiger partial charge in [-0.05, 0) is 43.4 Å². The maximum atomic E-state index is 6.23. The normalized spacial score (nSPS) is 23.3. The van der Waals surface area contributed by atoms with Crippen molar-refractivity contribution in [3.63, 3.8) is 0 Å². The summed E-state index contributed by atoms with van der Waals surface area (Å²) < 4.78 is 5.36. The van der Waals surface area contributed by atoms with Gasteiger partial charge in [-0.3, -0.25) is 0 Å². The van der Waals surface area contributed by atoms with E-state index in [-0.39, 0.29) is 0 Å². The lowest BCUT2D eigenvalue weighted by molar-refractivity contribution is 0.273. The fourth-order valence-corrected chi connectivity index (χ4v) is 3.28. The largest absolute Gasteiger partial charge is 0.496 e. The quantitative estimate of drug-likeness (QED) is 0.870. The Morgan fingerprint density at radius 1 is 1.37 bits per heavy atom. The summed E-state index contributed by atoms with van der Waals surface area (Å²) >= 11 is 6.23. The van der Waals surface area contributed by atoms with E-state index in [1.807, 2.05) is 18.2 Å². The molecule has 1 aromatic carbocycles. The predicted molar refractivity (Wildman–Crippen MR) is 80.8 cm³/mol. The molecular formula is C16H24ClNO. The number of halogens is 1. The molecule has 1 fully saturated rings. The minimum absolute atomic E-state index is 0.781. The Morgan fingerprint density at radius 3 is 2.95 bits per heavy atom. The Bertz CT molecular complexity index is 408. The van der Waals surface area contributed by atoms with Crippen molar-refractivity contribution in [1.82, 2.24) is 5.32 Å². The summed E-state index contributed by atoms with van der Waals surface area (Å²) in [5.41, 5.74) is 1.07. The topological polar surface area (TPSA) is 21.3 Å². The number of hydrogen-bond acceptors (Lipinski definition) is 2. The van der Waals surface area contributed by atoms with Gasteiger partial charge in [0.1, 0.15) is 5.75 Å². The van der Waals surface area contributed by atoms with Gasteiger partial charge in [-0.15, -0.1) is 0 Å². The number of rotatable bonds is 5. The highest BCUT2D eigenvalue weighted by molar-refractivity contribution is 6.31. The van der Waals surface area contributed by atoms with Crippen LogP contribution in [-0.2, 0) is 6.54 Å². The van der Waals surface area contributed by atoms with Crippen LogP contribution in [0.1, 0.15) is 38.2 Å². The van der Waals surface area contributed by atoms with E-state index in [9.17, 15) is 0 Å². The lowest BCUT2D eigenvalue weighted by Gasteiger charge is -2.27. The van der Waals surface area contributed by atoms with E-state index < -0.39 is 0 Å². The molecule has 1 N–H and O–H groups in total. The third-order valence-electron chi connectivity index (χ3n) is 4.08. The van der Waals surface area contributed by atoms with Gasteiger partial charge >= 0.3 is 0 Å². The molecule has 1 aromatic rings. The molecule has 2 unspecified atom stereocenters. The molecule has 2 nitrogen and oxygen atoms in total. The number of hydrogen-bond donors (Lipinski definition) is 1. The molecule has 2 atom stereocenters. The first-order chi connectivity index (χ1) is 9.20. The first-order valence-electron chi connectivity index (χ1n) is 7.22. The van der Waals surface area contributed by atoms with Crippen LogP contribution in [0.25, 0.3) is 0 Å². The van der Waals surface area contributed by atoms with Crippen molar-refractivity contribution in [2.75, 3.05) is 13.7 Å². The Balaban J connectivity index is 1.85. The summed E-state index contributed by atoms with van der Waals surface area (Å²) in [7, 11) is 1.69. The second-order valence-electron chi connectivity index (χ2n) is 5.69. The minimum Gasteiger partial charge on any atom is -0.496 e. The summed E-state index contributed by atoms with van der Waals surface area (Å²) in [5, 5.41) is 4.32. The van der Waals surface area contributed by atoms with Crippen molar-refractivity contribution < 1.29 is 4.74 Å². The molecule has 19 heavy (non-hydrogen) atoms. The van der Waals surface area contributed by atoms with E-state index in [1.54, 1.807) is 7.11 Å². The van der Waals surface area contributed by atoms with E-state index in [4.69, 9.17) is 16.3 Å². The minimum atomic E-state index is 0.781. The van der Waals surface area contributed by atoms with Crippen LogP contribution in [0, 0.1) is 11.8 Å². The molecule has 0 aliphatic heterocycles. The number of ether oxygens (including phenoxy) is 1. The number of nitrogens with one attached hydrogen (secondary N) is 1. The summed E-state index contributed by atoms with van der Waals surface area (Å²) in [6, 6.07) is 5.81. The van der Waals surface area contributed by atoms with E-state index in [2.05, 4.69) is 12.2 Å². The molecule has 0 spiro atoms. The molecule has 106 valence electrons. The molecule has 1 saturated carbocycles. The molecule has 1 aliphatic carbocycles. The van der Waals surface area contributed by atoms with Gasteiger partial charge in [0.05, 0.1) is 7.11 Å². The van der Waals surface area contributed by atoms with Crippen molar-refractivity contribution in [2.45, 2.75) is 39.2 Å². The van der Waals surface area contributed by atoms with Gasteiger partial charge in [0.15, 0.2) is 0 Å². The zero-order valence-corrected chi connectivity index (χ0v) is 12.7. The van der Waals surface area contributed by atoms with Gasteiger partial charge in [0.2, 0.25) is 0 Å². The molecule has 1 aliphatic rings. The van der Waals surface area contributed by atoms with E-state index in [0.29, 0.717) is 0 Å². The van der Waals surface area contributed by atoms with E-state index >= 15 is 0 Å². The molecule has 0 saturated heterocycles. The Kier molecular flexibility index (Phi) is 5.53. The van der Waals surface area contributed by atoms with Crippen LogP contribution in [0.15, 0.2) is 18.2 Å². The van der Waals surface area contributed by atoms with Crippen LogP contribution in [0.5, 0.6) is 5.75 Å². The fourth-order valence-electron chi connectivity index (χ4n) is 3.05. The number of methoxy groups -OCH3 is 1. The second kappa shape index (κ2) is 7.16.